The van der Waals surface area contributed by atoms with Crippen LogP contribution in [-0.4, -0.2) is 4.98 Å². The fourth-order valence-electron chi connectivity index (χ4n) is 1.94. The summed E-state index contributed by atoms with van der Waals surface area (Å²) in [5.41, 5.74) is 8.41. The van der Waals surface area contributed by atoms with Crippen molar-refractivity contribution in [2.75, 3.05) is 11.1 Å². The summed E-state index contributed by atoms with van der Waals surface area (Å²) in [4.78, 5) is 4.05. The maximum Gasteiger partial charge on any atom is 0.106 e. The molecule has 17 heavy (non-hydrogen) atoms. The van der Waals surface area contributed by atoms with Crippen LogP contribution in [-0.2, 0) is 0 Å². The molecule has 2 rings (SSSR count). The highest BCUT2D eigenvalue weighted by Gasteiger charge is 2.12. The topological polar surface area (TPSA) is 64.1 Å². The maximum absolute atomic E-state index is 5.69. The van der Waals surface area contributed by atoms with E-state index in [1.165, 1.54) is 0 Å². The zero-order valence-electron chi connectivity index (χ0n) is 10.3. The first-order chi connectivity index (χ1) is 8.06. The van der Waals surface area contributed by atoms with Gasteiger partial charge in [0.2, 0.25) is 0 Å². The van der Waals surface area contributed by atoms with Gasteiger partial charge in [-0.2, -0.15) is 0 Å². The molecule has 0 aliphatic carbocycles. The first-order valence-corrected chi connectivity index (χ1v) is 5.60. The molecule has 0 aromatic carbocycles. The molecule has 4 heteroatoms. The molecular weight excluding hydrogens is 214 g/mol. The normalized spacial score (nSPS) is 12.4. The molecule has 0 aliphatic rings. The molecule has 0 fully saturated rings. The Balaban J connectivity index is 2.16. The molecule has 4 nitrogen and oxygen atoms in total. The molecule has 0 aliphatic heterocycles. The van der Waals surface area contributed by atoms with Gasteiger partial charge in [0.15, 0.2) is 0 Å². The lowest BCUT2D eigenvalue weighted by molar-refractivity contribution is 0.500. The summed E-state index contributed by atoms with van der Waals surface area (Å²) in [5.74, 6) is 1.87. The molecule has 0 amide bonds. The number of hydrogen-bond donors (Lipinski definition) is 2. The van der Waals surface area contributed by atoms with E-state index in [9.17, 15) is 0 Å². The van der Waals surface area contributed by atoms with E-state index in [1.54, 1.807) is 12.4 Å². The van der Waals surface area contributed by atoms with Crippen molar-refractivity contribution in [1.29, 1.82) is 0 Å². The monoisotopic (exact) mass is 231 g/mol. The van der Waals surface area contributed by atoms with Gasteiger partial charge in [-0.25, -0.2) is 0 Å². The summed E-state index contributed by atoms with van der Waals surface area (Å²) in [6.07, 6.45) is 3.39. The lowest BCUT2D eigenvalue weighted by atomic mass is 10.1. The van der Waals surface area contributed by atoms with Gasteiger partial charge in [-0.3, -0.25) is 4.98 Å². The van der Waals surface area contributed by atoms with Gasteiger partial charge in [0.1, 0.15) is 11.5 Å². The van der Waals surface area contributed by atoms with E-state index in [1.807, 2.05) is 26.0 Å². The lowest BCUT2D eigenvalue weighted by Gasteiger charge is -2.14. The molecule has 2 heterocycles. The third-order valence-electron chi connectivity index (χ3n) is 2.69. The molecule has 0 saturated carbocycles. The molecule has 1 atom stereocenters. The van der Waals surface area contributed by atoms with Crippen LogP contribution in [0.4, 0.5) is 11.4 Å². The molecule has 2 aromatic heterocycles. The Hall–Kier alpha value is -1.97. The second-order valence-corrected chi connectivity index (χ2v) is 4.24. The van der Waals surface area contributed by atoms with E-state index in [2.05, 4.69) is 17.2 Å². The Kier molecular flexibility index (Phi) is 3.04. The third-order valence-corrected chi connectivity index (χ3v) is 2.69. The molecule has 0 spiro atoms. The smallest absolute Gasteiger partial charge is 0.106 e. The number of aromatic nitrogens is 1. The van der Waals surface area contributed by atoms with Crippen LogP contribution in [0.25, 0.3) is 0 Å². The van der Waals surface area contributed by atoms with Crippen LogP contribution in [0.2, 0.25) is 0 Å². The summed E-state index contributed by atoms with van der Waals surface area (Å²) >= 11 is 0. The Labute approximate surface area is 101 Å². The van der Waals surface area contributed by atoms with Crippen molar-refractivity contribution in [2.45, 2.75) is 26.8 Å². The van der Waals surface area contributed by atoms with E-state index >= 15 is 0 Å². The highest BCUT2D eigenvalue weighted by molar-refractivity contribution is 5.52. The Morgan fingerprint density at radius 1 is 1.29 bits per heavy atom. The molecule has 90 valence electrons. The van der Waals surface area contributed by atoms with Gasteiger partial charge in [-0.15, -0.1) is 0 Å². The first-order valence-electron chi connectivity index (χ1n) is 5.60. The van der Waals surface area contributed by atoms with Crippen molar-refractivity contribution in [3.63, 3.8) is 0 Å². The van der Waals surface area contributed by atoms with Gasteiger partial charge in [-0.05, 0) is 32.9 Å². The van der Waals surface area contributed by atoms with E-state index in [0.29, 0.717) is 5.69 Å². The van der Waals surface area contributed by atoms with Gasteiger partial charge in [0.05, 0.1) is 23.6 Å². The predicted octanol–water partition coefficient (Wildman–Crippen LogP) is 3.05. The Bertz CT molecular complexity index is 519. The summed E-state index contributed by atoms with van der Waals surface area (Å²) in [7, 11) is 0. The second kappa shape index (κ2) is 4.49. The van der Waals surface area contributed by atoms with Gasteiger partial charge in [0.25, 0.3) is 0 Å². The molecule has 0 radical (unpaired) electrons. The number of nitrogen functional groups attached to an aromatic ring is 1. The number of nitrogens with one attached hydrogen (secondary N) is 1. The number of anilines is 2. The number of aryl methyl sites for hydroxylation is 2. The first kappa shape index (κ1) is 11.5. The van der Waals surface area contributed by atoms with Crippen LogP contribution >= 0.6 is 0 Å². The van der Waals surface area contributed by atoms with Crippen molar-refractivity contribution >= 4 is 11.4 Å². The second-order valence-electron chi connectivity index (χ2n) is 4.24. The Morgan fingerprint density at radius 2 is 2.06 bits per heavy atom. The highest BCUT2D eigenvalue weighted by atomic mass is 16.3. The van der Waals surface area contributed by atoms with E-state index < -0.39 is 0 Å². The summed E-state index contributed by atoms with van der Waals surface area (Å²) in [6.45, 7) is 6.00. The van der Waals surface area contributed by atoms with Crippen LogP contribution in [0.3, 0.4) is 0 Å². The fraction of sp³-hybridized carbons (Fsp3) is 0.308. The summed E-state index contributed by atoms with van der Waals surface area (Å²) in [5, 5.41) is 3.35. The van der Waals surface area contributed by atoms with Crippen LogP contribution < -0.4 is 11.1 Å². The molecule has 1 unspecified atom stereocenters. The lowest BCUT2D eigenvalue weighted by Crippen LogP contribution is -2.07. The number of nitrogens with two attached hydrogens (primary N) is 1. The third kappa shape index (κ3) is 2.58. The van der Waals surface area contributed by atoms with Crippen molar-refractivity contribution in [2.24, 2.45) is 0 Å². The summed E-state index contributed by atoms with van der Waals surface area (Å²) in [6, 6.07) is 4.08. The van der Waals surface area contributed by atoms with E-state index in [4.69, 9.17) is 10.2 Å². The number of furan rings is 1. The highest BCUT2D eigenvalue weighted by Crippen LogP contribution is 2.25. The molecule has 0 saturated heterocycles. The zero-order chi connectivity index (χ0) is 12.4. The van der Waals surface area contributed by atoms with Crippen molar-refractivity contribution in [1.82, 2.24) is 4.98 Å². The van der Waals surface area contributed by atoms with Crippen LogP contribution in [0.1, 0.15) is 30.0 Å². The summed E-state index contributed by atoms with van der Waals surface area (Å²) < 4.78 is 5.52. The van der Waals surface area contributed by atoms with E-state index in [0.717, 1.165) is 22.8 Å². The van der Waals surface area contributed by atoms with Gasteiger partial charge in [0, 0.05) is 11.8 Å². The fourth-order valence-corrected chi connectivity index (χ4v) is 1.94. The van der Waals surface area contributed by atoms with Gasteiger partial charge >= 0.3 is 0 Å². The van der Waals surface area contributed by atoms with Gasteiger partial charge in [-0.1, -0.05) is 0 Å². The molecular formula is C13H17N3O. The van der Waals surface area contributed by atoms with Crippen molar-refractivity contribution < 1.29 is 4.42 Å². The zero-order valence-corrected chi connectivity index (χ0v) is 10.3. The minimum absolute atomic E-state index is 0.163. The van der Waals surface area contributed by atoms with Crippen LogP contribution in [0.15, 0.2) is 28.9 Å². The number of rotatable bonds is 3. The number of nitrogens with zero attached hydrogens (tertiary/aromatic N) is 1. The minimum atomic E-state index is 0.163. The van der Waals surface area contributed by atoms with Crippen molar-refractivity contribution in [3.05, 3.63) is 41.6 Å². The average Bonchev–Trinajstić information content (AvgIpc) is 2.58. The SMILES string of the molecule is Cc1cc(C(C)Nc2cncc(N)c2)c(C)o1. The van der Waals surface area contributed by atoms with Crippen LogP contribution in [0.5, 0.6) is 0 Å². The largest absolute Gasteiger partial charge is 0.466 e. The standard InChI is InChI=1S/C13H17N3O/c1-8-4-13(10(3)17-8)9(2)16-12-5-11(14)6-15-7-12/h4-7,9,16H,14H2,1-3H3. The maximum atomic E-state index is 5.69. The minimum Gasteiger partial charge on any atom is -0.466 e. The Morgan fingerprint density at radius 3 is 2.65 bits per heavy atom. The molecule has 2 aromatic rings. The van der Waals surface area contributed by atoms with Gasteiger partial charge < -0.3 is 15.5 Å². The molecule has 3 N–H and O–H groups in total. The quantitative estimate of drug-likeness (QED) is 0.852. The molecule has 0 bridgehead atoms. The predicted molar refractivity (Wildman–Crippen MR) is 68.9 cm³/mol. The van der Waals surface area contributed by atoms with E-state index in [-0.39, 0.29) is 6.04 Å². The number of pyridine rings is 1. The van der Waals surface area contributed by atoms with Crippen molar-refractivity contribution in [3.8, 4) is 0 Å². The average molecular weight is 231 g/mol. The number of hydrogen-bond acceptors (Lipinski definition) is 4. The van der Waals surface area contributed by atoms with Crippen LogP contribution in [0, 0.1) is 13.8 Å².